The fourth-order valence-electron chi connectivity index (χ4n) is 2.79. The second-order valence-electron chi connectivity index (χ2n) is 5.93. The van der Waals surface area contributed by atoms with E-state index in [-0.39, 0.29) is 5.75 Å². The smallest absolute Gasteiger partial charge is 0.215 e. The van der Waals surface area contributed by atoms with Crippen LogP contribution in [0.1, 0.15) is 17.8 Å². The maximum absolute atomic E-state index is 12.2. The van der Waals surface area contributed by atoms with E-state index in [1.807, 2.05) is 31.2 Å². The lowest BCUT2D eigenvalue weighted by molar-refractivity contribution is 0.569. The molecular weight excluding hydrogens is 358 g/mol. The number of aryl methyl sites for hydroxylation is 2. The van der Waals surface area contributed by atoms with E-state index in [4.69, 9.17) is 11.6 Å². The molecule has 3 rings (SSSR count). The largest absolute Gasteiger partial charge is 0.328 e. The Balaban J connectivity index is 1.55. The number of hydrogen-bond donors (Lipinski definition) is 1. The molecule has 0 aliphatic rings. The van der Waals surface area contributed by atoms with Crippen molar-refractivity contribution in [2.75, 3.05) is 6.54 Å². The van der Waals surface area contributed by atoms with Gasteiger partial charge in [-0.25, -0.2) is 18.1 Å². The number of rotatable bonds is 7. The van der Waals surface area contributed by atoms with E-state index in [9.17, 15) is 8.42 Å². The lowest BCUT2D eigenvalue weighted by Gasteiger charge is -2.09. The van der Waals surface area contributed by atoms with E-state index < -0.39 is 10.0 Å². The van der Waals surface area contributed by atoms with Crippen LogP contribution >= 0.6 is 11.6 Å². The zero-order chi connectivity index (χ0) is 17.9. The van der Waals surface area contributed by atoms with Crippen LogP contribution in [0, 0.1) is 6.92 Å². The molecule has 0 bridgehead atoms. The predicted molar refractivity (Wildman–Crippen MR) is 101 cm³/mol. The van der Waals surface area contributed by atoms with Crippen molar-refractivity contribution in [2.45, 2.75) is 25.6 Å². The Labute approximate surface area is 152 Å². The minimum absolute atomic E-state index is 0.0444. The highest BCUT2D eigenvalue weighted by Crippen LogP contribution is 2.16. The van der Waals surface area contributed by atoms with E-state index in [1.165, 1.54) is 0 Å². The van der Waals surface area contributed by atoms with Crippen LogP contribution in [0.2, 0.25) is 5.02 Å². The van der Waals surface area contributed by atoms with Gasteiger partial charge >= 0.3 is 0 Å². The van der Waals surface area contributed by atoms with E-state index in [0.717, 1.165) is 23.4 Å². The highest BCUT2D eigenvalue weighted by atomic mass is 35.5. The van der Waals surface area contributed by atoms with Gasteiger partial charge < -0.3 is 4.57 Å². The minimum atomic E-state index is -3.36. The van der Waals surface area contributed by atoms with Crippen molar-refractivity contribution in [3.63, 3.8) is 0 Å². The first-order chi connectivity index (χ1) is 11.9. The molecule has 5 nitrogen and oxygen atoms in total. The quantitative estimate of drug-likeness (QED) is 0.641. The first kappa shape index (κ1) is 17.9. The van der Waals surface area contributed by atoms with Crippen molar-refractivity contribution < 1.29 is 8.42 Å². The van der Waals surface area contributed by atoms with Crippen molar-refractivity contribution in [1.29, 1.82) is 0 Å². The van der Waals surface area contributed by atoms with Crippen molar-refractivity contribution in [3.8, 4) is 0 Å². The molecule has 0 aliphatic heterocycles. The maximum Gasteiger partial charge on any atom is 0.215 e. The number of para-hydroxylation sites is 2. The number of halogens is 1. The number of sulfonamides is 1. The topological polar surface area (TPSA) is 64.0 Å². The minimum Gasteiger partial charge on any atom is -0.328 e. The molecule has 0 unspecified atom stereocenters. The van der Waals surface area contributed by atoms with Crippen molar-refractivity contribution in [3.05, 3.63) is 64.9 Å². The third-order valence-corrected chi connectivity index (χ3v) is 5.61. The number of aromatic nitrogens is 2. The van der Waals surface area contributed by atoms with Crippen molar-refractivity contribution >= 4 is 32.7 Å². The van der Waals surface area contributed by atoms with Gasteiger partial charge in [-0.2, -0.15) is 0 Å². The number of imidazole rings is 1. The summed E-state index contributed by atoms with van der Waals surface area (Å²) in [5.41, 5.74) is 2.75. The highest BCUT2D eigenvalue weighted by Gasteiger charge is 2.11. The summed E-state index contributed by atoms with van der Waals surface area (Å²) < 4.78 is 29.1. The monoisotopic (exact) mass is 377 g/mol. The van der Waals surface area contributed by atoms with Crippen molar-refractivity contribution in [1.82, 2.24) is 14.3 Å². The SMILES string of the molecule is Cc1nc2ccccc2n1CCCNS(=O)(=O)Cc1ccc(Cl)cc1. The summed E-state index contributed by atoms with van der Waals surface area (Å²) in [6, 6.07) is 14.8. The number of hydrogen-bond acceptors (Lipinski definition) is 3. The van der Waals surface area contributed by atoms with Crippen LogP contribution in [0.15, 0.2) is 48.5 Å². The van der Waals surface area contributed by atoms with Crippen LogP contribution in [-0.4, -0.2) is 24.5 Å². The van der Waals surface area contributed by atoms with E-state index in [2.05, 4.69) is 14.3 Å². The average Bonchev–Trinajstić information content (AvgIpc) is 2.89. The molecule has 1 N–H and O–H groups in total. The molecule has 1 heterocycles. The fourth-order valence-corrected chi connectivity index (χ4v) is 4.11. The average molecular weight is 378 g/mol. The van der Waals surface area contributed by atoms with Gasteiger partial charge in [-0.15, -0.1) is 0 Å². The Hall–Kier alpha value is -1.89. The normalized spacial score (nSPS) is 11.9. The zero-order valence-electron chi connectivity index (χ0n) is 13.9. The first-order valence-corrected chi connectivity index (χ1v) is 10.1. The second-order valence-corrected chi connectivity index (χ2v) is 8.18. The van der Waals surface area contributed by atoms with Crippen LogP contribution in [0.3, 0.4) is 0 Å². The molecule has 132 valence electrons. The van der Waals surface area contributed by atoms with Gasteiger partial charge in [0.05, 0.1) is 16.8 Å². The molecule has 2 aromatic carbocycles. The molecule has 0 saturated heterocycles. The summed E-state index contributed by atoms with van der Waals surface area (Å²) >= 11 is 5.82. The Kier molecular flexibility index (Phi) is 5.42. The van der Waals surface area contributed by atoms with Gasteiger partial charge in [-0.3, -0.25) is 0 Å². The fraction of sp³-hybridized carbons (Fsp3) is 0.278. The van der Waals surface area contributed by atoms with E-state index in [1.54, 1.807) is 24.3 Å². The standard InChI is InChI=1S/C18H20ClN3O2S/c1-14-21-17-5-2-3-6-18(17)22(14)12-4-11-20-25(23,24)13-15-7-9-16(19)10-8-15/h2-3,5-10,20H,4,11-13H2,1H3. The number of nitrogens with one attached hydrogen (secondary N) is 1. The summed E-state index contributed by atoms with van der Waals surface area (Å²) in [7, 11) is -3.36. The number of benzene rings is 2. The Morgan fingerprint density at radius 1 is 1.12 bits per heavy atom. The summed E-state index contributed by atoms with van der Waals surface area (Å²) in [4.78, 5) is 4.52. The van der Waals surface area contributed by atoms with Crippen LogP contribution < -0.4 is 4.72 Å². The molecule has 0 radical (unpaired) electrons. The Morgan fingerprint density at radius 3 is 2.60 bits per heavy atom. The molecule has 1 aromatic heterocycles. The predicted octanol–water partition coefficient (Wildman–Crippen LogP) is 3.51. The van der Waals surface area contributed by atoms with Gasteiger partial charge in [-0.05, 0) is 43.2 Å². The van der Waals surface area contributed by atoms with Gasteiger partial charge in [0.1, 0.15) is 5.82 Å². The molecule has 0 aliphatic carbocycles. The molecule has 25 heavy (non-hydrogen) atoms. The lowest BCUT2D eigenvalue weighted by atomic mass is 10.2. The molecule has 0 atom stereocenters. The summed E-state index contributed by atoms with van der Waals surface area (Å²) in [5.74, 6) is 0.891. The molecule has 0 fully saturated rings. The lowest BCUT2D eigenvalue weighted by Crippen LogP contribution is -2.27. The van der Waals surface area contributed by atoms with Gasteiger partial charge in [0.2, 0.25) is 10.0 Å². The summed E-state index contributed by atoms with van der Waals surface area (Å²) in [6.45, 7) is 3.07. The van der Waals surface area contributed by atoms with Crippen molar-refractivity contribution in [2.24, 2.45) is 0 Å². The van der Waals surface area contributed by atoms with E-state index in [0.29, 0.717) is 23.6 Å². The molecular formula is C18H20ClN3O2S. The second kappa shape index (κ2) is 7.56. The van der Waals surface area contributed by atoms with Gasteiger partial charge in [0.15, 0.2) is 0 Å². The Bertz CT molecular complexity index is 966. The molecule has 7 heteroatoms. The molecule has 3 aromatic rings. The zero-order valence-corrected chi connectivity index (χ0v) is 15.5. The van der Waals surface area contributed by atoms with Crippen LogP contribution in [0.4, 0.5) is 0 Å². The third-order valence-electron chi connectivity index (χ3n) is 4.00. The van der Waals surface area contributed by atoms with Crippen LogP contribution in [-0.2, 0) is 22.3 Å². The van der Waals surface area contributed by atoms with E-state index >= 15 is 0 Å². The Morgan fingerprint density at radius 2 is 1.84 bits per heavy atom. The number of fused-ring (bicyclic) bond motifs is 1. The first-order valence-electron chi connectivity index (χ1n) is 8.08. The van der Waals surface area contributed by atoms with Crippen LogP contribution in [0.25, 0.3) is 11.0 Å². The summed E-state index contributed by atoms with van der Waals surface area (Å²) in [5, 5.41) is 0.594. The molecule has 0 spiro atoms. The number of nitrogens with zero attached hydrogens (tertiary/aromatic N) is 2. The highest BCUT2D eigenvalue weighted by molar-refractivity contribution is 7.88. The van der Waals surface area contributed by atoms with Gasteiger partial charge in [-0.1, -0.05) is 35.9 Å². The third kappa shape index (κ3) is 4.60. The van der Waals surface area contributed by atoms with Crippen LogP contribution in [0.5, 0.6) is 0 Å². The molecule has 0 saturated carbocycles. The maximum atomic E-state index is 12.2. The summed E-state index contributed by atoms with van der Waals surface area (Å²) in [6.07, 6.45) is 0.695. The van der Waals surface area contributed by atoms with Gasteiger partial charge in [0, 0.05) is 18.1 Å². The molecule has 0 amide bonds. The van der Waals surface area contributed by atoms with Gasteiger partial charge in [0.25, 0.3) is 0 Å².